The van der Waals surface area contributed by atoms with Crippen LogP contribution in [-0.4, -0.2) is 20.9 Å². The molecule has 0 saturated heterocycles. The molecule has 1 nitrogen and oxygen atoms in total. The van der Waals surface area contributed by atoms with Crippen molar-refractivity contribution >= 4 is 10.9 Å². The first-order valence-corrected chi connectivity index (χ1v) is 13.7. The Balaban J connectivity index is 2.32. The largest absolute Gasteiger partial charge is 0.508 e. The summed E-state index contributed by atoms with van der Waals surface area (Å²) in [5.74, 6) is 1.78. The Kier molecular flexibility index (Phi) is 13.1. The fourth-order valence-corrected chi connectivity index (χ4v) is 7.46. The number of benzene rings is 1. The van der Waals surface area contributed by atoms with Gasteiger partial charge < -0.3 is 5.11 Å². The molecular weight excluding hydrogens is 372 g/mol. The Labute approximate surface area is 185 Å². The molecule has 0 aliphatic heterocycles. The molecule has 1 aromatic carbocycles. The van der Waals surface area contributed by atoms with Gasteiger partial charge in [-0.1, -0.05) is 64.4 Å². The predicted molar refractivity (Wildman–Crippen MR) is 134 cm³/mol. The van der Waals surface area contributed by atoms with Crippen molar-refractivity contribution in [1.82, 2.24) is 0 Å². The summed E-state index contributed by atoms with van der Waals surface area (Å²) in [7, 11) is 0.467. The minimum atomic E-state index is 0.384. The summed E-state index contributed by atoms with van der Waals surface area (Å²) >= 11 is 0. The highest BCUT2D eigenvalue weighted by molar-refractivity contribution is 7.98. The Morgan fingerprint density at radius 2 is 1.45 bits per heavy atom. The van der Waals surface area contributed by atoms with Gasteiger partial charge in [-0.15, -0.1) is 0 Å². The van der Waals surface area contributed by atoms with E-state index in [0.717, 1.165) is 11.7 Å². The minimum Gasteiger partial charge on any atom is -0.508 e. The van der Waals surface area contributed by atoms with Crippen LogP contribution in [0.25, 0.3) is 0 Å². The monoisotopic (exact) mass is 421 g/mol. The molecule has 1 aromatic rings. The molecule has 0 aromatic heterocycles. The number of hydrogen-bond acceptors (Lipinski definition) is 1. The summed E-state index contributed by atoms with van der Waals surface area (Å²) in [5, 5.41) is 10.4. The number of rotatable bonds is 15. The standard InChI is InChI=1S/C27H48OS/c1-7-8-9-10-11-12-13-14-15-16-21-29(27(4,5)6)24(3)17-18-25-19-20-26(28)22-23(25)2/h19-20,22,24H,7-18,21H2,1-6H3/p+1. The van der Waals surface area contributed by atoms with Crippen LogP contribution < -0.4 is 0 Å². The number of unbranched alkanes of at least 4 members (excludes halogenated alkanes) is 9. The van der Waals surface area contributed by atoms with E-state index < -0.39 is 0 Å². The fraction of sp³-hybridized carbons (Fsp3) is 0.778. The highest BCUT2D eigenvalue weighted by atomic mass is 32.2. The van der Waals surface area contributed by atoms with Crippen molar-refractivity contribution < 1.29 is 5.11 Å². The topological polar surface area (TPSA) is 20.2 Å². The van der Waals surface area contributed by atoms with E-state index >= 15 is 0 Å². The van der Waals surface area contributed by atoms with Gasteiger partial charge >= 0.3 is 0 Å². The number of hydrogen-bond donors (Lipinski definition) is 1. The smallest absolute Gasteiger partial charge is 0.120 e. The van der Waals surface area contributed by atoms with Crippen LogP contribution in [0.3, 0.4) is 0 Å². The molecule has 0 spiro atoms. The van der Waals surface area contributed by atoms with Crippen LogP contribution in [0.1, 0.15) is 116 Å². The average Bonchev–Trinajstić information content (AvgIpc) is 2.64. The van der Waals surface area contributed by atoms with E-state index in [0.29, 0.717) is 21.4 Å². The number of phenols is 1. The van der Waals surface area contributed by atoms with E-state index in [1.165, 1.54) is 87.5 Å². The second-order valence-electron chi connectivity index (χ2n) is 9.89. The zero-order valence-electron chi connectivity index (χ0n) is 20.4. The lowest BCUT2D eigenvalue weighted by Crippen LogP contribution is -2.38. The van der Waals surface area contributed by atoms with E-state index in [4.69, 9.17) is 0 Å². The molecule has 0 radical (unpaired) electrons. The third kappa shape index (κ3) is 11.4. The van der Waals surface area contributed by atoms with E-state index in [2.05, 4.69) is 47.6 Å². The van der Waals surface area contributed by atoms with Gasteiger partial charge in [-0.25, -0.2) is 0 Å². The molecule has 0 amide bonds. The second kappa shape index (κ2) is 14.4. The summed E-state index contributed by atoms with van der Waals surface area (Å²) in [5.41, 5.74) is 2.62. The van der Waals surface area contributed by atoms with Crippen LogP contribution in [-0.2, 0) is 17.3 Å². The van der Waals surface area contributed by atoms with Gasteiger partial charge in [0.25, 0.3) is 0 Å². The average molecular weight is 422 g/mol. The summed E-state index contributed by atoms with van der Waals surface area (Å²) < 4.78 is 0.405. The van der Waals surface area contributed by atoms with Gasteiger partial charge in [0.05, 0.1) is 0 Å². The number of aryl methyl sites for hydroxylation is 2. The third-order valence-electron chi connectivity index (χ3n) is 6.14. The van der Waals surface area contributed by atoms with Gasteiger partial charge in [0.15, 0.2) is 0 Å². The zero-order valence-corrected chi connectivity index (χ0v) is 21.2. The first-order valence-electron chi connectivity index (χ1n) is 12.2. The molecule has 0 fully saturated rings. The fourth-order valence-electron chi connectivity index (χ4n) is 4.32. The first-order chi connectivity index (χ1) is 13.8. The molecular formula is C27H49OS+. The van der Waals surface area contributed by atoms with Crippen molar-refractivity contribution in [3.05, 3.63) is 29.3 Å². The van der Waals surface area contributed by atoms with Crippen LogP contribution in [0.15, 0.2) is 18.2 Å². The Morgan fingerprint density at radius 3 is 1.97 bits per heavy atom. The second-order valence-corrected chi connectivity index (χ2v) is 13.2. The van der Waals surface area contributed by atoms with E-state index in [9.17, 15) is 5.11 Å². The van der Waals surface area contributed by atoms with Gasteiger partial charge in [-0.05, 0) is 94.5 Å². The van der Waals surface area contributed by atoms with Crippen molar-refractivity contribution in [3.63, 3.8) is 0 Å². The quantitative estimate of drug-likeness (QED) is 0.223. The molecule has 0 heterocycles. The lowest BCUT2D eigenvalue weighted by Gasteiger charge is -2.27. The molecule has 1 rings (SSSR count). The highest BCUT2D eigenvalue weighted by Crippen LogP contribution is 2.29. The van der Waals surface area contributed by atoms with Crippen LogP contribution in [0.5, 0.6) is 5.75 Å². The summed E-state index contributed by atoms with van der Waals surface area (Å²) in [6, 6.07) is 5.84. The van der Waals surface area contributed by atoms with Gasteiger partial charge in [-0.2, -0.15) is 0 Å². The van der Waals surface area contributed by atoms with Crippen LogP contribution in [0.2, 0.25) is 0 Å². The maximum Gasteiger partial charge on any atom is 0.120 e. The summed E-state index contributed by atoms with van der Waals surface area (Å²) in [4.78, 5) is 0. The van der Waals surface area contributed by atoms with Crippen LogP contribution >= 0.6 is 0 Å². The Bertz CT molecular complexity index is 546. The first kappa shape index (κ1) is 26.4. The van der Waals surface area contributed by atoms with E-state index in [1.807, 2.05) is 12.1 Å². The molecule has 1 N–H and O–H groups in total. The highest BCUT2D eigenvalue weighted by Gasteiger charge is 2.38. The lowest BCUT2D eigenvalue weighted by atomic mass is 10.0. The minimum absolute atomic E-state index is 0.384. The van der Waals surface area contributed by atoms with Crippen molar-refractivity contribution in [3.8, 4) is 5.75 Å². The molecule has 2 unspecified atom stereocenters. The number of aromatic hydroxyl groups is 1. The van der Waals surface area contributed by atoms with Gasteiger partial charge in [0, 0.05) is 0 Å². The summed E-state index contributed by atoms with van der Waals surface area (Å²) in [6.07, 6.45) is 16.6. The van der Waals surface area contributed by atoms with Gasteiger partial charge in [-0.3, -0.25) is 0 Å². The molecule has 29 heavy (non-hydrogen) atoms. The Hall–Kier alpha value is -0.630. The molecule has 0 bridgehead atoms. The molecule has 0 aliphatic carbocycles. The van der Waals surface area contributed by atoms with Gasteiger partial charge in [0.1, 0.15) is 21.5 Å². The third-order valence-corrected chi connectivity index (χ3v) is 9.65. The molecule has 2 heteroatoms. The van der Waals surface area contributed by atoms with Crippen molar-refractivity contribution in [2.75, 3.05) is 5.75 Å². The SMILES string of the molecule is CCCCCCCCCCCC[S+](C(C)CCc1ccc(O)cc1C)C(C)(C)C. The molecule has 2 atom stereocenters. The molecule has 0 aliphatic rings. The summed E-state index contributed by atoms with van der Waals surface area (Å²) in [6.45, 7) is 14.2. The van der Waals surface area contributed by atoms with Crippen molar-refractivity contribution in [2.45, 2.75) is 129 Å². The van der Waals surface area contributed by atoms with Crippen LogP contribution in [0.4, 0.5) is 0 Å². The maximum atomic E-state index is 9.63. The lowest BCUT2D eigenvalue weighted by molar-refractivity contribution is 0.474. The van der Waals surface area contributed by atoms with E-state index in [-0.39, 0.29) is 0 Å². The molecule has 0 saturated carbocycles. The normalized spacial score (nSPS) is 14.1. The predicted octanol–water partition coefficient (Wildman–Crippen LogP) is 8.36. The molecule has 168 valence electrons. The number of phenolic OH excluding ortho intramolecular Hbond substituents is 1. The Morgan fingerprint density at radius 1 is 0.897 bits per heavy atom. The zero-order chi connectivity index (χ0) is 21.7. The van der Waals surface area contributed by atoms with Crippen molar-refractivity contribution in [1.29, 1.82) is 0 Å². The van der Waals surface area contributed by atoms with Gasteiger partial charge in [0.2, 0.25) is 0 Å². The van der Waals surface area contributed by atoms with Crippen molar-refractivity contribution in [2.24, 2.45) is 0 Å². The maximum absolute atomic E-state index is 9.63. The van der Waals surface area contributed by atoms with E-state index in [1.54, 1.807) is 0 Å². The van der Waals surface area contributed by atoms with Crippen LogP contribution in [0, 0.1) is 6.92 Å².